The minimum atomic E-state index is -0.397. The fourth-order valence-corrected chi connectivity index (χ4v) is 2.17. The Labute approximate surface area is 137 Å². The van der Waals surface area contributed by atoms with Crippen LogP contribution >= 0.6 is 11.6 Å². The molecule has 0 bridgehead atoms. The van der Waals surface area contributed by atoms with Gasteiger partial charge in [0, 0.05) is 16.3 Å². The summed E-state index contributed by atoms with van der Waals surface area (Å²) in [6, 6.07) is 14.5. The molecule has 116 valence electrons. The maximum Gasteiger partial charge on any atom is 0.337 e. The molecular formula is C17H13ClN2O3. The molecule has 0 saturated heterocycles. The predicted octanol–water partition coefficient (Wildman–Crippen LogP) is 4.53. The van der Waals surface area contributed by atoms with E-state index in [9.17, 15) is 4.79 Å². The zero-order valence-corrected chi connectivity index (χ0v) is 13.0. The standard InChI is InChI=1S/C17H13ClN2O3/c1-22-16(21)12-4-2-3-11(9-12)15-10-19-17(23-15)20-14-7-5-13(18)6-8-14/h2-10H,1H3,(H,19,20). The van der Waals surface area contributed by atoms with Crippen molar-refractivity contribution >= 4 is 29.3 Å². The number of benzene rings is 2. The van der Waals surface area contributed by atoms with Gasteiger partial charge in [-0.25, -0.2) is 9.78 Å². The molecule has 23 heavy (non-hydrogen) atoms. The lowest BCUT2D eigenvalue weighted by atomic mass is 10.1. The fourth-order valence-electron chi connectivity index (χ4n) is 2.04. The average Bonchev–Trinajstić information content (AvgIpc) is 3.05. The van der Waals surface area contributed by atoms with Crippen molar-refractivity contribution in [3.05, 3.63) is 65.3 Å². The van der Waals surface area contributed by atoms with E-state index in [1.807, 2.05) is 18.2 Å². The normalized spacial score (nSPS) is 10.3. The number of rotatable bonds is 4. The second-order valence-corrected chi connectivity index (χ2v) is 5.17. The number of oxazole rings is 1. The van der Waals surface area contributed by atoms with Crippen LogP contribution in [0.1, 0.15) is 10.4 Å². The van der Waals surface area contributed by atoms with Crippen molar-refractivity contribution in [1.82, 2.24) is 4.98 Å². The SMILES string of the molecule is COC(=O)c1cccc(-c2cnc(Nc3ccc(Cl)cc3)o2)c1. The smallest absolute Gasteiger partial charge is 0.337 e. The van der Waals surface area contributed by atoms with Gasteiger partial charge in [0.1, 0.15) is 0 Å². The van der Waals surface area contributed by atoms with Crippen molar-refractivity contribution in [2.45, 2.75) is 0 Å². The van der Waals surface area contributed by atoms with E-state index in [0.717, 1.165) is 11.3 Å². The Balaban J connectivity index is 1.81. The third-order valence-electron chi connectivity index (χ3n) is 3.17. The summed E-state index contributed by atoms with van der Waals surface area (Å²) >= 11 is 5.85. The largest absolute Gasteiger partial charge is 0.465 e. The molecule has 0 unspecified atom stereocenters. The van der Waals surface area contributed by atoms with Gasteiger partial charge in [-0.3, -0.25) is 0 Å². The third-order valence-corrected chi connectivity index (χ3v) is 3.42. The molecule has 1 heterocycles. The zero-order valence-electron chi connectivity index (χ0n) is 12.2. The summed E-state index contributed by atoms with van der Waals surface area (Å²) in [5.41, 5.74) is 2.00. The number of methoxy groups -OCH3 is 1. The van der Waals surface area contributed by atoms with Crippen LogP contribution in [0, 0.1) is 0 Å². The van der Waals surface area contributed by atoms with Gasteiger partial charge in [-0.1, -0.05) is 23.7 Å². The van der Waals surface area contributed by atoms with Gasteiger partial charge < -0.3 is 14.5 Å². The van der Waals surface area contributed by atoms with E-state index in [2.05, 4.69) is 10.3 Å². The highest BCUT2D eigenvalue weighted by Gasteiger charge is 2.10. The van der Waals surface area contributed by atoms with Crippen molar-refractivity contribution in [2.75, 3.05) is 12.4 Å². The quantitative estimate of drug-likeness (QED) is 0.713. The maximum absolute atomic E-state index is 11.6. The van der Waals surface area contributed by atoms with E-state index >= 15 is 0 Å². The molecule has 5 nitrogen and oxygen atoms in total. The topological polar surface area (TPSA) is 64.4 Å². The van der Waals surface area contributed by atoms with Crippen molar-refractivity contribution in [2.24, 2.45) is 0 Å². The summed E-state index contributed by atoms with van der Waals surface area (Å²) < 4.78 is 10.4. The molecule has 6 heteroatoms. The van der Waals surface area contributed by atoms with Gasteiger partial charge in [-0.05, 0) is 36.4 Å². The highest BCUT2D eigenvalue weighted by molar-refractivity contribution is 6.30. The predicted molar refractivity (Wildman–Crippen MR) is 88.0 cm³/mol. The molecule has 3 rings (SSSR count). The Morgan fingerprint density at radius 1 is 1.22 bits per heavy atom. The molecule has 3 aromatic rings. The molecule has 0 amide bonds. The lowest BCUT2D eigenvalue weighted by Gasteiger charge is -2.02. The van der Waals surface area contributed by atoms with Gasteiger partial charge in [0.15, 0.2) is 5.76 Å². The highest BCUT2D eigenvalue weighted by atomic mass is 35.5. The summed E-state index contributed by atoms with van der Waals surface area (Å²) in [7, 11) is 1.34. The van der Waals surface area contributed by atoms with Gasteiger partial charge in [0.2, 0.25) is 0 Å². The molecule has 2 aromatic carbocycles. The lowest BCUT2D eigenvalue weighted by molar-refractivity contribution is 0.0601. The molecule has 0 atom stereocenters. The molecule has 0 aliphatic heterocycles. The number of nitrogens with one attached hydrogen (secondary N) is 1. The van der Waals surface area contributed by atoms with Crippen LogP contribution in [0.2, 0.25) is 5.02 Å². The number of aromatic nitrogens is 1. The summed E-state index contributed by atoms with van der Waals surface area (Å²) in [4.78, 5) is 15.8. The molecule has 0 radical (unpaired) electrons. The first kappa shape index (κ1) is 15.1. The van der Waals surface area contributed by atoms with Crippen LogP contribution in [0.3, 0.4) is 0 Å². The van der Waals surface area contributed by atoms with Crippen LogP contribution in [0.15, 0.2) is 59.1 Å². The average molecular weight is 329 g/mol. The van der Waals surface area contributed by atoms with E-state index in [1.54, 1.807) is 36.5 Å². The second-order valence-electron chi connectivity index (χ2n) is 4.73. The van der Waals surface area contributed by atoms with Crippen LogP contribution in [0.25, 0.3) is 11.3 Å². The van der Waals surface area contributed by atoms with Crippen molar-refractivity contribution < 1.29 is 13.9 Å². The summed E-state index contributed by atoms with van der Waals surface area (Å²) in [5, 5.41) is 3.70. The van der Waals surface area contributed by atoms with Crippen molar-refractivity contribution in [1.29, 1.82) is 0 Å². The van der Waals surface area contributed by atoms with Gasteiger partial charge >= 0.3 is 5.97 Å². The number of carbonyl (C=O) groups excluding carboxylic acids is 1. The number of carbonyl (C=O) groups is 1. The Bertz CT molecular complexity index is 828. The molecule has 1 N–H and O–H groups in total. The summed E-state index contributed by atoms with van der Waals surface area (Å²) in [6.07, 6.45) is 1.59. The second kappa shape index (κ2) is 6.54. The van der Waals surface area contributed by atoms with Crippen LogP contribution < -0.4 is 5.32 Å². The number of anilines is 2. The van der Waals surface area contributed by atoms with E-state index < -0.39 is 5.97 Å². The number of nitrogens with zero attached hydrogens (tertiary/aromatic N) is 1. The zero-order chi connectivity index (χ0) is 16.2. The summed E-state index contributed by atoms with van der Waals surface area (Å²) in [5.74, 6) is 0.151. The molecule has 0 aliphatic rings. The van der Waals surface area contributed by atoms with Crippen LogP contribution in [0.4, 0.5) is 11.7 Å². The third kappa shape index (κ3) is 3.52. The van der Waals surface area contributed by atoms with Gasteiger partial charge in [-0.2, -0.15) is 0 Å². The van der Waals surface area contributed by atoms with Gasteiger partial charge in [0.25, 0.3) is 6.01 Å². The van der Waals surface area contributed by atoms with Crippen LogP contribution in [-0.4, -0.2) is 18.1 Å². The minimum absolute atomic E-state index is 0.353. The molecular weight excluding hydrogens is 316 g/mol. The Hall–Kier alpha value is -2.79. The van der Waals surface area contributed by atoms with E-state index in [4.69, 9.17) is 20.8 Å². The first-order chi connectivity index (χ1) is 11.2. The van der Waals surface area contributed by atoms with Crippen molar-refractivity contribution in [3.63, 3.8) is 0 Å². The van der Waals surface area contributed by atoms with Crippen molar-refractivity contribution in [3.8, 4) is 11.3 Å². The number of halogens is 1. The lowest BCUT2D eigenvalue weighted by Crippen LogP contribution is -2.00. The number of hydrogen-bond donors (Lipinski definition) is 1. The maximum atomic E-state index is 11.6. The summed E-state index contributed by atoms with van der Waals surface area (Å²) in [6.45, 7) is 0. The van der Waals surface area contributed by atoms with E-state index in [-0.39, 0.29) is 0 Å². The molecule has 0 aliphatic carbocycles. The number of hydrogen-bond acceptors (Lipinski definition) is 5. The molecule has 0 spiro atoms. The Morgan fingerprint density at radius 3 is 2.74 bits per heavy atom. The first-order valence-electron chi connectivity index (χ1n) is 6.83. The number of ether oxygens (including phenoxy) is 1. The van der Waals surface area contributed by atoms with Gasteiger partial charge in [-0.15, -0.1) is 0 Å². The van der Waals surface area contributed by atoms with E-state index in [1.165, 1.54) is 7.11 Å². The highest BCUT2D eigenvalue weighted by Crippen LogP contribution is 2.25. The monoisotopic (exact) mass is 328 g/mol. The molecule has 0 saturated carbocycles. The van der Waals surface area contributed by atoms with Crippen LogP contribution in [0.5, 0.6) is 0 Å². The number of esters is 1. The Kier molecular flexibility index (Phi) is 4.30. The van der Waals surface area contributed by atoms with E-state index in [0.29, 0.717) is 22.4 Å². The minimum Gasteiger partial charge on any atom is -0.465 e. The van der Waals surface area contributed by atoms with Crippen LogP contribution in [-0.2, 0) is 4.74 Å². The van der Waals surface area contributed by atoms with Gasteiger partial charge in [0.05, 0.1) is 18.9 Å². The molecule has 1 aromatic heterocycles. The fraction of sp³-hybridized carbons (Fsp3) is 0.0588. The molecule has 0 fully saturated rings. The first-order valence-corrected chi connectivity index (χ1v) is 7.20. The Morgan fingerprint density at radius 2 is 2.00 bits per heavy atom.